The third-order valence-electron chi connectivity index (χ3n) is 5.18. The number of hydrogen-bond acceptors (Lipinski definition) is 3. The Hall–Kier alpha value is -1.33. The highest BCUT2D eigenvalue weighted by Gasteiger charge is 2.52. The first kappa shape index (κ1) is 13.3. The van der Waals surface area contributed by atoms with Crippen LogP contribution in [0.2, 0.25) is 0 Å². The first-order chi connectivity index (χ1) is 10.2. The smallest absolute Gasteiger partial charge is 0.270 e. The topological polar surface area (TPSA) is 43.7 Å². The normalized spacial score (nSPS) is 31.7. The van der Waals surface area contributed by atoms with Crippen LogP contribution in [-0.2, 0) is 9.47 Å². The van der Waals surface area contributed by atoms with Crippen LogP contribution in [0.4, 0.5) is 0 Å². The largest absolute Gasteiger partial charge is 0.384 e. The van der Waals surface area contributed by atoms with Crippen LogP contribution in [0.15, 0.2) is 18.3 Å². The van der Waals surface area contributed by atoms with Gasteiger partial charge >= 0.3 is 0 Å². The maximum atomic E-state index is 12.9. The van der Waals surface area contributed by atoms with Crippen LogP contribution in [0.25, 0.3) is 0 Å². The fourth-order valence-corrected chi connectivity index (χ4v) is 3.89. The number of aromatic nitrogens is 1. The van der Waals surface area contributed by atoms with Crippen molar-refractivity contribution < 1.29 is 14.3 Å². The van der Waals surface area contributed by atoms with Crippen LogP contribution in [0.5, 0.6) is 0 Å². The van der Waals surface area contributed by atoms with E-state index in [0.29, 0.717) is 25.2 Å². The maximum absolute atomic E-state index is 12.9. The lowest BCUT2D eigenvalue weighted by Gasteiger charge is -2.26. The molecule has 1 aromatic rings. The summed E-state index contributed by atoms with van der Waals surface area (Å²) in [6, 6.07) is 4.47. The molecule has 4 rings (SSSR count). The van der Waals surface area contributed by atoms with Gasteiger partial charge in [-0.1, -0.05) is 0 Å². The summed E-state index contributed by atoms with van der Waals surface area (Å²) in [5, 5.41) is 0. The molecule has 5 heteroatoms. The Morgan fingerprint density at radius 3 is 3.14 bits per heavy atom. The second kappa shape index (κ2) is 4.85. The number of hydrogen-bond donors (Lipinski definition) is 0. The minimum absolute atomic E-state index is 0.00140. The lowest BCUT2D eigenvalue weighted by molar-refractivity contribution is 0.0485. The first-order valence-electron chi connectivity index (χ1n) is 7.76. The van der Waals surface area contributed by atoms with Crippen molar-refractivity contribution in [2.24, 2.45) is 11.3 Å². The van der Waals surface area contributed by atoms with Crippen LogP contribution in [-0.4, -0.2) is 55.4 Å². The van der Waals surface area contributed by atoms with Gasteiger partial charge in [0.1, 0.15) is 5.69 Å². The molecule has 3 aliphatic rings. The van der Waals surface area contributed by atoms with Gasteiger partial charge in [0, 0.05) is 43.8 Å². The van der Waals surface area contributed by atoms with E-state index in [1.165, 1.54) is 12.8 Å². The summed E-state index contributed by atoms with van der Waals surface area (Å²) >= 11 is 0. The lowest BCUT2D eigenvalue weighted by Crippen LogP contribution is -2.37. The highest BCUT2D eigenvalue weighted by molar-refractivity contribution is 5.93. The average molecular weight is 290 g/mol. The highest BCUT2D eigenvalue weighted by atomic mass is 16.5. The predicted octanol–water partition coefficient (Wildman–Crippen LogP) is 1.56. The molecule has 0 spiro atoms. The number of ether oxygens (including phenoxy) is 2. The fraction of sp³-hybridized carbons (Fsp3) is 0.688. The lowest BCUT2D eigenvalue weighted by atomic mass is 9.82. The van der Waals surface area contributed by atoms with Crippen LogP contribution < -0.4 is 0 Å². The molecule has 2 aliphatic heterocycles. The number of rotatable bonds is 4. The Morgan fingerprint density at radius 1 is 1.52 bits per heavy atom. The van der Waals surface area contributed by atoms with Crippen LogP contribution in [0, 0.1) is 11.3 Å². The minimum atomic E-state index is 0.00140. The molecule has 1 saturated carbocycles. The second-order valence-corrected chi connectivity index (χ2v) is 6.72. The zero-order valence-electron chi connectivity index (χ0n) is 12.5. The van der Waals surface area contributed by atoms with E-state index in [-0.39, 0.29) is 11.3 Å². The number of amides is 1. The Bertz CT molecular complexity index is 551. The van der Waals surface area contributed by atoms with Crippen molar-refractivity contribution in [1.29, 1.82) is 0 Å². The van der Waals surface area contributed by atoms with Gasteiger partial charge in [0.25, 0.3) is 5.91 Å². The first-order valence-corrected chi connectivity index (χ1v) is 7.76. The summed E-state index contributed by atoms with van der Waals surface area (Å²) in [5.41, 5.74) is 0.840. The summed E-state index contributed by atoms with van der Waals surface area (Å²) in [6.45, 7) is 3.67. The van der Waals surface area contributed by atoms with Gasteiger partial charge in [-0.15, -0.1) is 0 Å². The molecule has 1 amide bonds. The molecule has 5 nitrogen and oxygen atoms in total. The summed E-state index contributed by atoms with van der Waals surface area (Å²) in [5.74, 6) is 0.572. The number of carbonyl (C=O) groups excluding carboxylic acids is 1. The maximum Gasteiger partial charge on any atom is 0.270 e. The Labute approximate surface area is 124 Å². The zero-order valence-corrected chi connectivity index (χ0v) is 12.5. The number of methoxy groups -OCH3 is 1. The molecule has 3 fully saturated rings. The van der Waals surface area contributed by atoms with Crippen molar-refractivity contribution in [2.45, 2.75) is 18.9 Å². The van der Waals surface area contributed by atoms with Crippen molar-refractivity contribution in [3.63, 3.8) is 0 Å². The van der Waals surface area contributed by atoms with E-state index < -0.39 is 0 Å². The third-order valence-corrected chi connectivity index (χ3v) is 5.18. The number of carbonyl (C=O) groups is 1. The van der Waals surface area contributed by atoms with E-state index in [4.69, 9.17) is 9.47 Å². The molecule has 0 radical (unpaired) electrons. The second-order valence-electron chi connectivity index (χ2n) is 6.72. The molecule has 21 heavy (non-hydrogen) atoms. The summed E-state index contributed by atoms with van der Waals surface area (Å²) in [4.78, 5) is 14.9. The van der Waals surface area contributed by atoms with Crippen molar-refractivity contribution >= 4 is 5.91 Å². The number of fused-ring (bicyclic) bond motifs is 1. The molecule has 1 aromatic heterocycles. The van der Waals surface area contributed by atoms with E-state index in [1.54, 1.807) is 7.11 Å². The van der Waals surface area contributed by atoms with Gasteiger partial charge < -0.3 is 18.9 Å². The zero-order chi connectivity index (χ0) is 14.4. The molecule has 2 atom stereocenters. The SMILES string of the molecule is COC[C@@]12COC[C@@H]1CN(C(=O)c1cccn1C1CC1)C2. The Kier molecular flexibility index (Phi) is 3.08. The molecule has 0 bridgehead atoms. The number of likely N-dealkylation sites (tertiary alicyclic amines) is 1. The minimum Gasteiger partial charge on any atom is -0.384 e. The molecular formula is C16H22N2O3. The summed E-state index contributed by atoms with van der Waals surface area (Å²) in [6.07, 6.45) is 4.42. The fourth-order valence-electron chi connectivity index (χ4n) is 3.89. The van der Waals surface area contributed by atoms with Gasteiger partial charge in [-0.25, -0.2) is 0 Å². The van der Waals surface area contributed by atoms with E-state index in [0.717, 1.165) is 25.4 Å². The van der Waals surface area contributed by atoms with Crippen LogP contribution >= 0.6 is 0 Å². The molecule has 114 valence electrons. The Balaban J connectivity index is 1.55. The molecule has 0 unspecified atom stereocenters. The molecule has 3 heterocycles. The van der Waals surface area contributed by atoms with Crippen molar-refractivity contribution in [2.75, 3.05) is 40.0 Å². The van der Waals surface area contributed by atoms with Gasteiger partial charge in [-0.05, 0) is 25.0 Å². The molecule has 1 aliphatic carbocycles. The van der Waals surface area contributed by atoms with Crippen molar-refractivity contribution in [1.82, 2.24) is 9.47 Å². The predicted molar refractivity (Wildman–Crippen MR) is 77.2 cm³/mol. The van der Waals surface area contributed by atoms with Crippen molar-refractivity contribution in [3.8, 4) is 0 Å². The monoisotopic (exact) mass is 290 g/mol. The van der Waals surface area contributed by atoms with Crippen LogP contribution in [0.3, 0.4) is 0 Å². The van der Waals surface area contributed by atoms with Gasteiger partial charge in [0.2, 0.25) is 0 Å². The highest BCUT2D eigenvalue weighted by Crippen LogP contribution is 2.42. The van der Waals surface area contributed by atoms with E-state index in [2.05, 4.69) is 4.57 Å². The molecule has 2 saturated heterocycles. The molecular weight excluding hydrogens is 268 g/mol. The van der Waals surface area contributed by atoms with Crippen molar-refractivity contribution in [3.05, 3.63) is 24.0 Å². The summed E-state index contributed by atoms with van der Waals surface area (Å²) < 4.78 is 13.2. The van der Waals surface area contributed by atoms with Gasteiger partial charge in [0.15, 0.2) is 0 Å². The molecule has 0 N–H and O–H groups in total. The molecule has 0 aromatic carbocycles. The summed E-state index contributed by atoms with van der Waals surface area (Å²) in [7, 11) is 1.73. The standard InChI is InChI=1S/C16H22N2O3/c1-20-10-16-9-17(7-12(16)8-21-11-16)15(19)14-3-2-6-18(14)13-4-5-13/h2-3,6,12-13H,4-5,7-11H2,1H3/t12-,16-/m0/s1. The van der Waals surface area contributed by atoms with Gasteiger partial charge in [0.05, 0.1) is 19.8 Å². The van der Waals surface area contributed by atoms with E-state index >= 15 is 0 Å². The average Bonchev–Trinajstić information content (AvgIpc) is 2.93. The van der Waals surface area contributed by atoms with E-state index in [9.17, 15) is 4.79 Å². The third kappa shape index (κ3) is 2.10. The van der Waals surface area contributed by atoms with Gasteiger partial charge in [-0.3, -0.25) is 4.79 Å². The van der Waals surface area contributed by atoms with Gasteiger partial charge in [-0.2, -0.15) is 0 Å². The van der Waals surface area contributed by atoms with Crippen LogP contribution in [0.1, 0.15) is 29.4 Å². The number of nitrogens with zero attached hydrogens (tertiary/aromatic N) is 2. The quantitative estimate of drug-likeness (QED) is 0.845. The van der Waals surface area contributed by atoms with E-state index in [1.807, 2.05) is 23.2 Å². The Morgan fingerprint density at radius 2 is 2.38 bits per heavy atom.